The maximum atomic E-state index is 12.5. The van der Waals surface area contributed by atoms with Crippen molar-refractivity contribution in [3.8, 4) is 0 Å². The fourth-order valence-electron chi connectivity index (χ4n) is 2.96. The summed E-state index contributed by atoms with van der Waals surface area (Å²) in [6.07, 6.45) is 2.71. The van der Waals surface area contributed by atoms with E-state index in [-0.39, 0.29) is 5.75 Å². The highest BCUT2D eigenvalue weighted by atomic mass is 32.2. The van der Waals surface area contributed by atoms with Crippen molar-refractivity contribution in [1.82, 2.24) is 9.21 Å². The van der Waals surface area contributed by atoms with Crippen LogP contribution < -0.4 is 0 Å². The predicted molar refractivity (Wildman–Crippen MR) is 84.5 cm³/mol. The average molecular weight is 308 g/mol. The Balaban J connectivity index is 1.57. The van der Waals surface area contributed by atoms with Gasteiger partial charge in [-0.3, -0.25) is 0 Å². The minimum absolute atomic E-state index is 0.122. The maximum Gasteiger partial charge on any atom is 0.218 e. The molecule has 5 heteroatoms. The van der Waals surface area contributed by atoms with Crippen LogP contribution in [0.1, 0.15) is 24.0 Å². The van der Waals surface area contributed by atoms with E-state index < -0.39 is 10.0 Å². The Bertz CT molecular complexity index is 588. The van der Waals surface area contributed by atoms with Crippen molar-refractivity contribution in [3.63, 3.8) is 0 Å². The van der Waals surface area contributed by atoms with Crippen LogP contribution in [0.4, 0.5) is 0 Å². The summed E-state index contributed by atoms with van der Waals surface area (Å²) in [5.74, 6) is 0.998. The van der Waals surface area contributed by atoms with Gasteiger partial charge in [0, 0.05) is 32.7 Å². The molecular formula is C16H24N2O2S. The Morgan fingerprint density at radius 1 is 1.14 bits per heavy atom. The molecule has 2 aliphatic rings. The number of rotatable bonds is 5. The van der Waals surface area contributed by atoms with Gasteiger partial charge in [-0.2, -0.15) is 4.31 Å². The van der Waals surface area contributed by atoms with Gasteiger partial charge in [-0.05, 0) is 31.2 Å². The van der Waals surface area contributed by atoms with Crippen molar-refractivity contribution < 1.29 is 8.42 Å². The van der Waals surface area contributed by atoms with Gasteiger partial charge in [-0.1, -0.05) is 29.8 Å². The van der Waals surface area contributed by atoms with Gasteiger partial charge in [0.1, 0.15) is 0 Å². The lowest BCUT2D eigenvalue weighted by Gasteiger charge is -2.34. The molecule has 3 rings (SSSR count). The molecule has 1 heterocycles. The normalized spacial score (nSPS) is 21.6. The summed E-state index contributed by atoms with van der Waals surface area (Å²) >= 11 is 0. The van der Waals surface area contributed by atoms with Gasteiger partial charge >= 0.3 is 0 Å². The second-order valence-electron chi connectivity index (χ2n) is 6.39. The first-order chi connectivity index (χ1) is 10.0. The van der Waals surface area contributed by atoms with E-state index in [2.05, 4.69) is 4.90 Å². The number of hydrogen-bond donors (Lipinski definition) is 0. The molecule has 2 fully saturated rings. The number of piperazine rings is 1. The molecular weight excluding hydrogens is 284 g/mol. The van der Waals surface area contributed by atoms with Crippen molar-refractivity contribution in [2.45, 2.75) is 25.5 Å². The molecule has 1 saturated heterocycles. The quantitative estimate of drug-likeness (QED) is 0.833. The highest BCUT2D eigenvalue weighted by molar-refractivity contribution is 7.88. The van der Waals surface area contributed by atoms with E-state index in [0.717, 1.165) is 36.7 Å². The summed E-state index contributed by atoms with van der Waals surface area (Å²) in [6, 6.07) is 7.77. The van der Waals surface area contributed by atoms with Crippen LogP contribution in [0, 0.1) is 12.8 Å². The molecule has 1 aliphatic heterocycles. The van der Waals surface area contributed by atoms with Gasteiger partial charge < -0.3 is 4.90 Å². The first kappa shape index (κ1) is 15.0. The van der Waals surface area contributed by atoms with Gasteiger partial charge in [-0.25, -0.2) is 8.42 Å². The smallest absolute Gasteiger partial charge is 0.218 e. The van der Waals surface area contributed by atoms with Crippen LogP contribution in [0.15, 0.2) is 24.3 Å². The van der Waals surface area contributed by atoms with Crippen molar-refractivity contribution in [3.05, 3.63) is 35.4 Å². The summed E-state index contributed by atoms with van der Waals surface area (Å²) in [5.41, 5.74) is 1.99. The van der Waals surface area contributed by atoms with Crippen LogP contribution in [0.5, 0.6) is 0 Å². The lowest BCUT2D eigenvalue weighted by molar-refractivity contribution is 0.182. The second-order valence-corrected chi connectivity index (χ2v) is 8.36. The molecule has 116 valence electrons. The van der Waals surface area contributed by atoms with Gasteiger partial charge in [0.05, 0.1) is 5.75 Å². The molecule has 21 heavy (non-hydrogen) atoms. The molecule has 1 saturated carbocycles. The molecule has 0 bridgehead atoms. The Hall–Kier alpha value is -0.910. The fourth-order valence-corrected chi connectivity index (χ4v) is 4.46. The maximum absolute atomic E-state index is 12.5. The lowest BCUT2D eigenvalue weighted by atomic mass is 10.2. The molecule has 1 aromatic rings. The van der Waals surface area contributed by atoms with E-state index in [0.29, 0.717) is 13.1 Å². The first-order valence-electron chi connectivity index (χ1n) is 7.79. The molecule has 0 N–H and O–H groups in total. The molecule has 0 unspecified atom stereocenters. The van der Waals surface area contributed by atoms with Gasteiger partial charge in [0.2, 0.25) is 10.0 Å². The standard InChI is InChI=1S/C16H24N2O2S/c1-14-3-2-4-16(11-14)13-21(19,20)18-9-7-17(8-10-18)12-15-5-6-15/h2-4,11,15H,5-10,12-13H2,1H3. The topological polar surface area (TPSA) is 40.6 Å². The first-order valence-corrected chi connectivity index (χ1v) is 9.39. The largest absolute Gasteiger partial charge is 0.300 e. The van der Waals surface area contributed by atoms with Crippen LogP contribution in [0.2, 0.25) is 0 Å². The van der Waals surface area contributed by atoms with Gasteiger partial charge in [0.15, 0.2) is 0 Å². The zero-order chi connectivity index (χ0) is 14.9. The summed E-state index contributed by atoms with van der Waals surface area (Å²) in [5, 5.41) is 0. The summed E-state index contributed by atoms with van der Waals surface area (Å²) < 4.78 is 26.7. The fraction of sp³-hybridized carbons (Fsp3) is 0.625. The van der Waals surface area contributed by atoms with Crippen molar-refractivity contribution in [2.24, 2.45) is 5.92 Å². The number of sulfonamides is 1. The van der Waals surface area contributed by atoms with E-state index in [1.807, 2.05) is 31.2 Å². The van der Waals surface area contributed by atoms with Crippen LogP contribution in [-0.2, 0) is 15.8 Å². The van der Waals surface area contributed by atoms with E-state index in [4.69, 9.17) is 0 Å². The minimum atomic E-state index is -3.18. The highest BCUT2D eigenvalue weighted by Gasteiger charge is 2.30. The molecule has 0 aromatic heterocycles. The average Bonchev–Trinajstić information content (AvgIpc) is 3.23. The Morgan fingerprint density at radius 2 is 1.86 bits per heavy atom. The third kappa shape index (κ3) is 4.05. The third-order valence-electron chi connectivity index (χ3n) is 4.37. The monoisotopic (exact) mass is 308 g/mol. The summed E-state index contributed by atoms with van der Waals surface area (Å²) in [4.78, 5) is 2.41. The molecule has 0 radical (unpaired) electrons. The van der Waals surface area contributed by atoms with Crippen molar-refractivity contribution >= 4 is 10.0 Å². The van der Waals surface area contributed by atoms with Crippen LogP contribution in [0.3, 0.4) is 0 Å². The summed E-state index contributed by atoms with van der Waals surface area (Å²) in [6.45, 7) is 6.19. The number of nitrogens with zero attached hydrogens (tertiary/aromatic N) is 2. The third-order valence-corrected chi connectivity index (χ3v) is 6.22. The van der Waals surface area contributed by atoms with Gasteiger partial charge in [-0.15, -0.1) is 0 Å². The molecule has 1 aromatic carbocycles. The Kier molecular flexibility index (Phi) is 4.33. The predicted octanol–water partition coefficient (Wildman–Crippen LogP) is 1.85. The SMILES string of the molecule is Cc1cccc(CS(=O)(=O)N2CCN(CC3CC3)CC2)c1. The van der Waals surface area contributed by atoms with E-state index in [9.17, 15) is 8.42 Å². The van der Waals surface area contributed by atoms with Gasteiger partial charge in [0.25, 0.3) is 0 Å². The van der Waals surface area contributed by atoms with Crippen molar-refractivity contribution in [1.29, 1.82) is 0 Å². The van der Waals surface area contributed by atoms with Crippen LogP contribution >= 0.6 is 0 Å². The van der Waals surface area contributed by atoms with E-state index >= 15 is 0 Å². The van der Waals surface area contributed by atoms with Crippen LogP contribution in [0.25, 0.3) is 0 Å². The Morgan fingerprint density at radius 3 is 2.48 bits per heavy atom. The zero-order valence-corrected chi connectivity index (χ0v) is 13.5. The van der Waals surface area contributed by atoms with E-state index in [1.165, 1.54) is 12.8 Å². The minimum Gasteiger partial charge on any atom is -0.300 e. The molecule has 1 aliphatic carbocycles. The number of benzene rings is 1. The molecule has 4 nitrogen and oxygen atoms in total. The second kappa shape index (κ2) is 6.07. The number of aryl methyl sites for hydroxylation is 1. The molecule has 0 atom stereocenters. The van der Waals surface area contributed by atoms with Crippen LogP contribution in [-0.4, -0.2) is 50.3 Å². The van der Waals surface area contributed by atoms with E-state index in [1.54, 1.807) is 4.31 Å². The molecule has 0 amide bonds. The Labute approximate surface area is 127 Å². The zero-order valence-electron chi connectivity index (χ0n) is 12.7. The van der Waals surface area contributed by atoms with Crippen molar-refractivity contribution in [2.75, 3.05) is 32.7 Å². The summed E-state index contributed by atoms with van der Waals surface area (Å²) in [7, 11) is -3.18. The highest BCUT2D eigenvalue weighted by Crippen LogP contribution is 2.30. The number of hydrogen-bond acceptors (Lipinski definition) is 3. The molecule has 0 spiro atoms. The lowest BCUT2D eigenvalue weighted by Crippen LogP contribution is -2.49.